The second-order valence-electron chi connectivity index (χ2n) is 3.81. The van der Waals surface area contributed by atoms with E-state index in [2.05, 4.69) is 0 Å². The SMILES string of the molecule is O=C(O)C(CCCCN(CCl)CCl)N(CCl)CCl. The molecule has 0 amide bonds. The lowest BCUT2D eigenvalue weighted by atomic mass is 10.1. The number of hydrogen-bond acceptors (Lipinski definition) is 3. The lowest BCUT2D eigenvalue weighted by Gasteiger charge is -2.24. The lowest BCUT2D eigenvalue weighted by Crippen LogP contribution is -2.39. The highest BCUT2D eigenvalue weighted by atomic mass is 35.5. The number of carbonyl (C=O) groups is 1. The van der Waals surface area contributed by atoms with E-state index >= 15 is 0 Å². The van der Waals surface area contributed by atoms with Crippen LogP contribution in [0.15, 0.2) is 0 Å². The van der Waals surface area contributed by atoms with E-state index in [4.69, 9.17) is 51.5 Å². The molecule has 1 unspecified atom stereocenters. The van der Waals surface area contributed by atoms with Crippen molar-refractivity contribution in [3.05, 3.63) is 0 Å². The van der Waals surface area contributed by atoms with Crippen LogP contribution in [0.1, 0.15) is 19.3 Å². The molecule has 108 valence electrons. The Balaban J connectivity index is 4.01. The first-order chi connectivity index (χ1) is 8.60. The number of carboxylic acid groups (broad SMARTS) is 1. The number of unbranched alkanes of at least 4 members (excludes halogenated alkanes) is 1. The molecule has 1 N–H and O–H groups in total. The molecule has 4 nitrogen and oxygen atoms in total. The van der Waals surface area contributed by atoms with E-state index in [1.807, 2.05) is 4.90 Å². The van der Waals surface area contributed by atoms with Crippen molar-refractivity contribution in [3.63, 3.8) is 0 Å². The molecule has 0 saturated carbocycles. The molecule has 0 aromatic rings. The first-order valence-corrected chi connectivity index (χ1v) is 7.67. The smallest absolute Gasteiger partial charge is 0.320 e. The molecular weight excluding hydrogens is 322 g/mol. The minimum Gasteiger partial charge on any atom is -0.480 e. The van der Waals surface area contributed by atoms with E-state index in [0.717, 1.165) is 19.4 Å². The van der Waals surface area contributed by atoms with Gasteiger partial charge in [-0.3, -0.25) is 14.6 Å². The molecule has 0 radical (unpaired) electrons. The zero-order chi connectivity index (χ0) is 14.0. The number of carboxylic acids is 1. The van der Waals surface area contributed by atoms with Gasteiger partial charge >= 0.3 is 5.97 Å². The van der Waals surface area contributed by atoms with Crippen LogP contribution in [0.25, 0.3) is 0 Å². The molecule has 18 heavy (non-hydrogen) atoms. The molecule has 0 aromatic heterocycles. The second kappa shape index (κ2) is 11.4. The van der Waals surface area contributed by atoms with Gasteiger partial charge in [-0.05, 0) is 12.8 Å². The molecule has 1 atom stereocenters. The maximum absolute atomic E-state index is 11.1. The van der Waals surface area contributed by atoms with Crippen molar-refractivity contribution >= 4 is 52.4 Å². The minimum atomic E-state index is -0.900. The van der Waals surface area contributed by atoms with Gasteiger partial charge in [0.05, 0.1) is 24.0 Å². The Kier molecular flexibility index (Phi) is 11.7. The highest BCUT2D eigenvalue weighted by molar-refractivity contribution is 6.20. The Hall–Kier alpha value is 0.550. The Morgan fingerprint density at radius 1 is 1.00 bits per heavy atom. The molecule has 0 aliphatic carbocycles. The third-order valence-corrected chi connectivity index (χ3v) is 3.86. The highest BCUT2D eigenvalue weighted by Gasteiger charge is 2.23. The summed E-state index contributed by atoms with van der Waals surface area (Å²) in [5, 5.41) is 9.10. The number of rotatable bonds is 11. The van der Waals surface area contributed by atoms with Crippen molar-refractivity contribution < 1.29 is 9.90 Å². The van der Waals surface area contributed by atoms with Gasteiger partial charge in [-0.2, -0.15) is 0 Å². The van der Waals surface area contributed by atoms with Crippen LogP contribution < -0.4 is 0 Å². The first-order valence-electron chi connectivity index (χ1n) is 5.53. The summed E-state index contributed by atoms with van der Waals surface area (Å²) in [6, 6.07) is 0.328. The fraction of sp³-hybridized carbons (Fsp3) is 0.900. The fourth-order valence-corrected chi connectivity index (χ4v) is 2.57. The van der Waals surface area contributed by atoms with Crippen LogP contribution in [0.4, 0.5) is 0 Å². The Bertz CT molecular complexity index is 226. The first kappa shape index (κ1) is 18.6. The van der Waals surface area contributed by atoms with Crippen molar-refractivity contribution in [1.82, 2.24) is 9.80 Å². The summed E-state index contributed by atoms with van der Waals surface area (Å²) >= 11 is 22.6. The maximum Gasteiger partial charge on any atom is 0.320 e. The van der Waals surface area contributed by atoms with Gasteiger partial charge in [-0.1, -0.05) is 6.42 Å². The number of hydrogen-bond donors (Lipinski definition) is 1. The van der Waals surface area contributed by atoms with Crippen LogP contribution in [0.3, 0.4) is 0 Å². The molecule has 0 saturated heterocycles. The van der Waals surface area contributed by atoms with Gasteiger partial charge in [0.1, 0.15) is 6.04 Å². The van der Waals surface area contributed by atoms with E-state index in [0.29, 0.717) is 18.4 Å². The molecular formula is C10H18Cl4N2O2. The molecule has 0 fully saturated rings. The standard InChI is InChI=1S/C10H18Cl4N2O2/c11-5-15(6-12)4-2-1-3-9(10(17)18)16(7-13)8-14/h9H,1-8H2,(H,17,18). The minimum absolute atomic E-state index is 0.107. The van der Waals surface area contributed by atoms with Crippen LogP contribution in [0.2, 0.25) is 0 Å². The van der Waals surface area contributed by atoms with Crippen LogP contribution in [-0.4, -0.2) is 57.5 Å². The van der Waals surface area contributed by atoms with E-state index in [9.17, 15) is 4.79 Å². The Labute approximate surface area is 128 Å². The summed E-state index contributed by atoms with van der Waals surface area (Å²) in [5.41, 5.74) is 0. The summed E-state index contributed by atoms with van der Waals surface area (Å²) in [5.74, 6) is -0.900. The van der Waals surface area contributed by atoms with Gasteiger partial charge in [0, 0.05) is 6.54 Å². The van der Waals surface area contributed by atoms with Gasteiger partial charge in [-0.25, -0.2) is 0 Å². The van der Waals surface area contributed by atoms with Crippen molar-refractivity contribution in [3.8, 4) is 0 Å². The van der Waals surface area contributed by atoms with E-state index < -0.39 is 12.0 Å². The van der Waals surface area contributed by atoms with Crippen LogP contribution in [-0.2, 0) is 4.79 Å². The average molecular weight is 340 g/mol. The molecule has 0 aliphatic heterocycles. The maximum atomic E-state index is 11.1. The van der Waals surface area contributed by atoms with Crippen molar-refractivity contribution in [2.75, 3.05) is 30.6 Å². The average Bonchev–Trinajstić information content (AvgIpc) is 2.37. The normalized spacial score (nSPS) is 13.2. The second-order valence-corrected chi connectivity index (χ2v) is 4.77. The lowest BCUT2D eigenvalue weighted by molar-refractivity contribution is -0.142. The van der Waals surface area contributed by atoms with E-state index in [1.165, 1.54) is 4.90 Å². The molecule has 8 heteroatoms. The summed E-state index contributed by atoms with van der Waals surface area (Å²) in [7, 11) is 0. The van der Waals surface area contributed by atoms with E-state index in [-0.39, 0.29) is 12.0 Å². The molecule has 0 bridgehead atoms. The van der Waals surface area contributed by atoms with Crippen molar-refractivity contribution in [1.29, 1.82) is 0 Å². The number of nitrogens with zero attached hydrogens (tertiary/aromatic N) is 2. The predicted molar refractivity (Wildman–Crippen MR) is 76.7 cm³/mol. The van der Waals surface area contributed by atoms with Gasteiger partial charge < -0.3 is 5.11 Å². The number of halogens is 4. The Morgan fingerprint density at radius 3 is 1.94 bits per heavy atom. The monoisotopic (exact) mass is 338 g/mol. The van der Waals surface area contributed by atoms with Crippen LogP contribution >= 0.6 is 46.4 Å². The van der Waals surface area contributed by atoms with Gasteiger partial charge in [0.2, 0.25) is 0 Å². The summed E-state index contributed by atoms with van der Waals surface area (Å²) < 4.78 is 0. The van der Waals surface area contributed by atoms with Gasteiger partial charge in [0.15, 0.2) is 0 Å². The fourth-order valence-electron chi connectivity index (χ4n) is 1.49. The van der Waals surface area contributed by atoms with Crippen LogP contribution in [0, 0.1) is 0 Å². The van der Waals surface area contributed by atoms with Crippen molar-refractivity contribution in [2.45, 2.75) is 25.3 Å². The quantitative estimate of drug-likeness (QED) is 0.357. The highest BCUT2D eigenvalue weighted by Crippen LogP contribution is 2.12. The topological polar surface area (TPSA) is 43.8 Å². The zero-order valence-corrected chi connectivity index (χ0v) is 13.0. The van der Waals surface area contributed by atoms with E-state index in [1.54, 1.807) is 0 Å². The molecule has 0 heterocycles. The summed E-state index contributed by atoms with van der Waals surface area (Å²) in [6.45, 7) is 0.751. The van der Waals surface area contributed by atoms with Crippen molar-refractivity contribution in [2.24, 2.45) is 0 Å². The molecule has 0 rings (SSSR count). The zero-order valence-electron chi connectivity index (χ0n) is 10.00. The molecule has 0 spiro atoms. The third-order valence-electron chi connectivity index (χ3n) is 2.57. The largest absolute Gasteiger partial charge is 0.480 e. The third kappa shape index (κ3) is 7.22. The predicted octanol–water partition coefficient (Wildman–Crippen LogP) is 3.00. The van der Waals surface area contributed by atoms with Crippen LogP contribution in [0.5, 0.6) is 0 Å². The summed E-state index contributed by atoms with van der Waals surface area (Å²) in [4.78, 5) is 14.5. The molecule has 0 aliphatic rings. The van der Waals surface area contributed by atoms with Gasteiger partial charge in [-0.15, -0.1) is 46.4 Å². The number of aliphatic carboxylic acids is 1. The summed E-state index contributed by atoms with van der Waals surface area (Å²) in [6.07, 6.45) is 2.10. The number of alkyl halides is 4. The van der Waals surface area contributed by atoms with Gasteiger partial charge in [0.25, 0.3) is 0 Å². The Morgan fingerprint density at radius 2 is 1.56 bits per heavy atom. The molecule has 0 aromatic carbocycles.